The molecule has 30 heavy (non-hydrogen) atoms. The molecule has 4 N–H and O–H groups in total. The van der Waals surface area contributed by atoms with E-state index in [9.17, 15) is 4.79 Å². The predicted octanol–water partition coefficient (Wildman–Crippen LogP) is 3.42. The fourth-order valence-electron chi connectivity index (χ4n) is 4.25. The molecule has 0 spiro atoms. The number of aromatic nitrogens is 3. The lowest BCUT2D eigenvalue weighted by Gasteiger charge is -2.30. The Kier molecular flexibility index (Phi) is 4.77. The normalized spacial score (nSPS) is 15.8. The van der Waals surface area contributed by atoms with Crippen LogP contribution in [0.2, 0.25) is 0 Å². The number of nitrogens with zero attached hydrogens (tertiary/aromatic N) is 2. The smallest absolute Gasteiger partial charge is 0.337 e. The van der Waals surface area contributed by atoms with E-state index in [1.807, 2.05) is 6.07 Å². The van der Waals surface area contributed by atoms with Crippen molar-refractivity contribution in [1.82, 2.24) is 20.1 Å². The first-order chi connectivity index (χ1) is 14.6. The molecule has 0 radical (unpaired) electrons. The molecule has 0 amide bonds. The number of aromatic amines is 2. The summed E-state index contributed by atoms with van der Waals surface area (Å²) in [4.78, 5) is 17.7. The van der Waals surface area contributed by atoms with Gasteiger partial charge in [0.25, 0.3) is 0 Å². The summed E-state index contributed by atoms with van der Waals surface area (Å²) < 4.78 is 4.80. The highest BCUT2D eigenvalue weighted by Gasteiger charge is 2.17. The summed E-state index contributed by atoms with van der Waals surface area (Å²) in [5, 5.41) is 9.63. The maximum absolute atomic E-state index is 11.8. The molecule has 2 aromatic carbocycles. The Labute approximate surface area is 174 Å². The van der Waals surface area contributed by atoms with Crippen molar-refractivity contribution in [2.75, 3.05) is 20.2 Å². The minimum absolute atomic E-state index is 0.350. The number of hydrogen-bond acceptors (Lipinski definition) is 5. The highest BCUT2D eigenvalue weighted by molar-refractivity contribution is 5.99. The maximum Gasteiger partial charge on any atom is 0.337 e. The maximum atomic E-state index is 11.8. The number of fused-ring (bicyclic) bond motifs is 2. The fourth-order valence-corrected chi connectivity index (χ4v) is 4.25. The van der Waals surface area contributed by atoms with Gasteiger partial charge in [-0.25, -0.2) is 4.79 Å². The van der Waals surface area contributed by atoms with Crippen molar-refractivity contribution in [3.8, 4) is 11.4 Å². The van der Waals surface area contributed by atoms with Gasteiger partial charge >= 0.3 is 5.97 Å². The quantitative estimate of drug-likeness (QED) is 0.453. The van der Waals surface area contributed by atoms with Crippen molar-refractivity contribution in [2.24, 2.45) is 5.73 Å². The summed E-state index contributed by atoms with van der Waals surface area (Å²) in [6.45, 7) is 3.07. The first-order valence-electron chi connectivity index (χ1n) is 10.3. The zero-order valence-electron chi connectivity index (χ0n) is 16.9. The number of esters is 1. The number of carbonyl (C=O) groups excluding carboxylic acids is 1. The van der Waals surface area contributed by atoms with Crippen molar-refractivity contribution in [3.63, 3.8) is 0 Å². The van der Waals surface area contributed by atoms with Gasteiger partial charge < -0.3 is 15.5 Å². The molecule has 1 aliphatic heterocycles. The molecule has 0 saturated carbocycles. The lowest BCUT2D eigenvalue weighted by molar-refractivity contribution is 0.0601. The van der Waals surface area contributed by atoms with Crippen LogP contribution in [0.5, 0.6) is 0 Å². The van der Waals surface area contributed by atoms with Gasteiger partial charge in [0.1, 0.15) is 5.69 Å². The molecule has 0 bridgehead atoms. The Balaban J connectivity index is 1.43. The number of methoxy groups -OCH3 is 1. The number of carbonyl (C=O) groups is 1. The van der Waals surface area contributed by atoms with Gasteiger partial charge in [0.15, 0.2) is 0 Å². The van der Waals surface area contributed by atoms with Gasteiger partial charge in [-0.2, -0.15) is 5.10 Å². The van der Waals surface area contributed by atoms with E-state index in [1.54, 1.807) is 12.1 Å². The van der Waals surface area contributed by atoms with E-state index in [-0.39, 0.29) is 5.97 Å². The second kappa shape index (κ2) is 7.59. The minimum atomic E-state index is -0.359. The van der Waals surface area contributed by atoms with Gasteiger partial charge in [0.2, 0.25) is 0 Å². The molecular formula is C23H25N5O2. The summed E-state index contributed by atoms with van der Waals surface area (Å²) in [5.41, 5.74) is 11.5. The average molecular weight is 403 g/mol. The van der Waals surface area contributed by atoms with Crippen LogP contribution in [0.1, 0.15) is 28.8 Å². The standard InChI is InChI=1S/C23H25N5O2/c1-30-23(29)15-3-4-18-20(11-15)26-27-22(18)21-12-16-10-14(2-5-19(16)25-21)13-28-8-6-17(24)7-9-28/h2-5,10-12,17,25H,6-9,13,24H2,1H3,(H,26,27). The molecule has 7 heteroatoms. The third-order valence-electron chi connectivity index (χ3n) is 5.96. The third-order valence-corrected chi connectivity index (χ3v) is 5.96. The molecule has 1 aliphatic rings. The molecule has 1 saturated heterocycles. The molecular weight excluding hydrogens is 378 g/mol. The second-order valence-corrected chi connectivity index (χ2v) is 8.04. The second-order valence-electron chi connectivity index (χ2n) is 8.04. The summed E-state index contributed by atoms with van der Waals surface area (Å²) >= 11 is 0. The Morgan fingerprint density at radius 2 is 2.00 bits per heavy atom. The Hall–Kier alpha value is -3.16. The van der Waals surface area contributed by atoms with E-state index < -0.39 is 0 Å². The molecule has 154 valence electrons. The van der Waals surface area contributed by atoms with E-state index in [2.05, 4.69) is 44.3 Å². The lowest BCUT2D eigenvalue weighted by Crippen LogP contribution is -2.39. The Morgan fingerprint density at radius 3 is 2.80 bits per heavy atom. The van der Waals surface area contributed by atoms with Crippen LogP contribution in [0.25, 0.3) is 33.2 Å². The van der Waals surface area contributed by atoms with E-state index in [0.29, 0.717) is 11.6 Å². The number of benzene rings is 2. The van der Waals surface area contributed by atoms with E-state index in [1.165, 1.54) is 18.1 Å². The molecule has 4 aromatic rings. The average Bonchev–Trinajstić information content (AvgIpc) is 3.37. The van der Waals surface area contributed by atoms with Crippen molar-refractivity contribution in [2.45, 2.75) is 25.4 Å². The monoisotopic (exact) mass is 403 g/mol. The van der Waals surface area contributed by atoms with Gasteiger partial charge in [-0.3, -0.25) is 10.00 Å². The van der Waals surface area contributed by atoms with Gasteiger partial charge in [-0.1, -0.05) is 6.07 Å². The summed E-state index contributed by atoms with van der Waals surface area (Å²) in [5.74, 6) is -0.359. The molecule has 3 heterocycles. The zero-order valence-corrected chi connectivity index (χ0v) is 16.9. The number of H-pyrrole nitrogens is 2. The van der Waals surface area contributed by atoms with Crippen molar-refractivity contribution in [1.29, 1.82) is 0 Å². The van der Waals surface area contributed by atoms with Crippen LogP contribution >= 0.6 is 0 Å². The predicted molar refractivity (Wildman–Crippen MR) is 117 cm³/mol. The van der Waals surface area contributed by atoms with Crippen LogP contribution < -0.4 is 5.73 Å². The SMILES string of the molecule is COC(=O)c1ccc2c(-c3cc4cc(CN5CCC(N)CC5)ccc4[nH]3)n[nH]c2c1. The van der Waals surface area contributed by atoms with Crippen LogP contribution in [0.15, 0.2) is 42.5 Å². The number of likely N-dealkylation sites (tertiary alicyclic amines) is 1. The van der Waals surface area contributed by atoms with Crippen LogP contribution in [0.3, 0.4) is 0 Å². The van der Waals surface area contributed by atoms with Gasteiger partial charge in [-0.15, -0.1) is 0 Å². The number of piperidine rings is 1. The van der Waals surface area contributed by atoms with Crippen molar-refractivity contribution in [3.05, 3.63) is 53.6 Å². The van der Waals surface area contributed by atoms with Gasteiger partial charge in [0.05, 0.1) is 23.9 Å². The van der Waals surface area contributed by atoms with E-state index >= 15 is 0 Å². The van der Waals surface area contributed by atoms with Crippen LogP contribution in [0, 0.1) is 0 Å². The molecule has 0 unspecified atom stereocenters. The molecule has 1 fully saturated rings. The van der Waals surface area contributed by atoms with Crippen molar-refractivity contribution >= 4 is 27.8 Å². The minimum Gasteiger partial charge on any atom is -0.465 e. The highest BCUT2D eigenvalue weighted by atomic mass is 16.5. The van der Waals surface area contributed by atoms with Gasteiger partial charge in [-0.05, 0) is 67.9 Å². The molecule has 5 rings (SSSR count). The summed E-state index contributed by atoms with van der Waals surface area (Å²) in [7, 11) is 1.38. The Bertz CT molecular complexity index is 1220. The van der Waals surface area contributed by atoms with Gasteiger partial charge in [0, 0.05) is 28.9 Å². The number of ether oxygens (including phenoxy) is 1. The largest absolute Gasteiger partial charge is 0.465 e. The lowest BCUT2D eigenvalue weighted by atomic mass is 10.0. The van der Waals surface area contributed by atoms with Crippen LogP contribution in [-0.4, -0.2) is 52.3 Å². The first kappa shape index (κ1) is 18.8. The highest BCUT2D eigenvalue weighted by Crippen LogP contribution is 2.30. The number of rotatable bonds is 4. The summed E-state index contributed by atoms with van der Waals surface area (Å²) in [6, 6.07) is 14.5. The number of nitrogens with one attached hydrogen (secondary N) is 2. The number of hydrogen-bond donors (Lipinski definition) is 3. The fraction of sp³-hybridized carbons (Fsp3) is 0.304. The third kappa shape index (κ3) is 3.46. The first-order valence-corrected chi connectivity index (χ1v) is 10.3. The summed E-state index contributed by atoms with van der Waals surface area (Å²) in [6.07, 6.45) is 2.14. The molecule has 0 aliphatic carbocycles. The van der Waals surface area contributed by atoms with E-state index in [4.69, 9.17) is 10.5 Å². The molecule has 7 nitrogen and oxygen atoms in total. The van der Waals surface area contributed by atoms with E-state index in [0.717, 1.165) is 60.3 Å². The van der Waals surface area contributed by atoms with Crippen LogP contribution in [0.4, 0.5) is 0 Å². The zero-order chi connectivity index (χ0) is 20.7. The Morgan fingerprint density at radius 1 is 1.17 bits per heavy atom. The molecule has 2 aromatic heterocycles. The topological polar surface area (TPSA) is 100 Å². The number of nitrogens with two attached hydrogens (primary N) is 1. The van der Waals surface area contributed by atoms with Crippen LogP contribution in [-0.2, 0) is 11.3 Å². The molecule has 0 atom stereocenters. The van der Waals surface area contributed by atoms with Crippen molar-refractivity contribution < 1.29 is 9.53 Å².